The second-order valence-corrected chi connectivity index (χ2v) is 5.07. The molecular formula is C12H16N2O4S. The molecule has 1 saturated heterocycles. The molecule has 0 radical (unpaired) electrons. The molecule has 1 rings (SSSR count). The zero-order valence-electron chi connectivity index (χ0n) is 10.9. The van der Waals surface area contributed by atoms with E-state index in [4.69, 9.17) is 0 Å². The molecule has 1 heterocycles. The van der Waals surface area contributed by atoms with E-state index in [0.717, 1.165) is 15.9 Å². The third kappa shape index (κ3) is 3.44. The van der Waals surface area contributed by atoms with Crippen LogP contribution in [0.1, 0.15) is 13.3 Å². The van der Waals surface area contributed by atoms with Gasteiger partial charge in [-0.2, -0.15) is 11.8 Å². The van der Waals surface area contributed by atoms with Crippen molar-refractivity contribution in [1.82, 2.24) is 9.80 Å². The van der Waals surface area contributed by atoms with Crippen LogP contribution in [0.4, 0.5) is 0 Å². The number of hydrogen-bond acceptors (Lipinski definition) is 5. The highest BCUT2D eigenvalue weighted by Crippen LogP contribution is 2.22. The molecule has 1 unspecified atom stereocenters. The largest absolute Gasteiger partial charge is 0.280 e. The Morgan fingerprint density at radius 2 is 2.16 bits per heavy atom. The fraction of sp³-hybridized carbons (Fsp3) is 0.500. The van der Waals surface area contributed by atoms with Gasteiger partial charge in [0, 0.05) is 26.4 Å². The quantitative estimate of drug-likeness (QED) is 0.526. The van der Waals surface area contributed by atoms with E-state index in [0.29, 0.717) is 0 Å². The fourth-order valence-electron chi connectivity index (χ4n) is 1.80. The molecule has 19 heavy (non-hydrogen) atoms. The van der Waals surface area contributed by atoms with Crippen molar-refractivity contribution in [1.29, 1.82) is 0 Å². The van der Waals surface area contributed by atoms with Crippen molar-refractivity contribution >= 4 is 35.4 Å². The Morgan fingerprint density at radius 1 is 1.53 bits per heavy atom. The van der Waals surface area contributed by atoms with Gasteiger partial charge in [-0.3, -0.25) is 29.0 Å². The molecule has 0 spiro atoms. The van der Waals surface area contributed by atoms with Crippen molar-refractivity contribution < 1.29 is 19.2 Å². The van der Waals surface area contributed by atoms with Gasteiger partial charge in [0.2, 0.25) is 17.7 Å². The number of rotatable bonds is 5. The summed E-state index contributed by atoms with van der Waals surface area (Å²) < 4.78 is 0. The van der Waals surface area contributed by atoms with Gasteiger partial charge in [0.15, 0.2) is 0 Å². The summed E-state index contributed by atoms with van der Waals surface area (Å²) in [5, 5.41) is -0.353. The second-order valence-electron chi connectivity index (χ2n) is 4.03. The van der Waals surface area contributed by atoms with Crippen LogP contribution in [0, 0.1) is 0 Å². The molecule has 0 saturated carbocycles. The lowest BCUT2D eigenvalue weighted by atomic mass is 10.4. The lowest BCUT2D eigenvalue weighted by molar-refractivity contribution is -0.144. The normalized spacial score (nSPS) is 18.6. The highest BCUT2D eigenvalue weighted by molar-refractivity contribution is 8.00. The van der Waals surface area contributed by atoms with E-state index in [1.807, 2.05) is 0 Å². The van der Waals surface area contributed by atoms with E-state index in [1.54, 1.807) is 6.26 Å². The number of hydrogen-bond donors (Lipinski definition) is 0. The van der Waals surface area contributed by atoms with Crippen LogP contribution in [0.3, 0.4) is 0 Å². The van der Waals surface area contributed by atoms with Crippen molar-refractivity contribution in [3.8, 4) is 0 Å². The van der Waals surface area contributed by atoms with E-state index in [2.05, 4.69) is 6.58 Å². The van der Waals surface area contributed by atoms with E-state index >= 15 is 0 Å². The van der Waals surface area contributed by atoms with Crippen molar-refractivity contribution in [2.45, 2.75) is 18.6 Å². The van der Waals surface area contributed by atoms with Gasteiger partial charge in [-0.1, -0.05) is 6.58 Å². The summed E-state index contributed by atoms with van der Waals surface area (Å²) in [6.45, 7) is 4.59. The van der Waals surface area contributed by atoms with Crippen LogP contribution in [0.15, 0.2) is 12.7 Å². The Labute approximate surface area is 115 Å². The van der Waals surface area contributed by atoms with Crippen LogP contribution in [-0.2, 0) is 19.2 Å². The molecule has 0 aromatic rings. The van der Waals surface area contributed by atoms with E-state index in [-0.39, 0.29) is 36.6 Å². The number of imide groups is 2. The topological polar surface area (TPSA) is 74.8 Å². The second kappa shape index (κ2) is 6.51. The first-order chi connectivity index (χ1) is 8.92. The molecule has 0 aromatic carbocycles. The minimum absolute atomic E-state index is 0.00122. The van der Waals surface area contributed by atoms with Gasteiger partial charge in [-0.05, 0) is 12.3 Å². The number of nitrogens with zero attached hydrogens (tertiary/aromatic N) is 2. The number of amides is 4. The molecule has 7 heteroatoms. The summed E-state index contributed by atoms with van der Waals surface area (Å²) >= 11 is 1.32. The predicted molar refractivity (Wildman–Crippen MR) is 71.2 cm³/mol. The third-order valence-corrected chi connectivity index (χ3v) is 3.79. The highest BCUT2D eigenvalue weighted by atomic mass is 32.2. The minimum atomic E-state index is -0.534. The molecule has 1 fully saturated rings. The van der Waals surface area contributed by atoms with E-state index in [9.17, 15) is 19.2 Å². The summed E-state index contributed by atoms with van der Waals surface area (Å²) in [4.78, 5) is 48.3. The summed E-state index contributed by atoms with van der Waals surface area (Å²) in [6, 6.07) is 0. The Bertz CT molecular complexity index is 435. The monoisotopic (exact) mass is 284 g/mol. The fourth-order valence-corrected chi connectivity index (χ4v) is 2.44. The van der Waals surface area contributed by atoms with Gasteiger partial charge in [-0.15, -0.1) is 0 Å². The maximum Gasteiger partial charge on any atom is 0.252 e. The number of carbonyl (C=O) groups is 4. The number of thioether (sulfide) groups is 1. The lowest BCUT2D eigenvalue weighted by Gasteiger charge is -2.21. The first kappa shape index (κ1) is 15.4. The minimum Gasteiger partial charge on any atom is -0.280 e. The van der Waals surface area contributed by atoms with Gasteiger partial charge < -0.3 is 0 Å². The van der Waals surface area contributed by atoms with Crippen molar-refractivity contribution in [2.24, 2.45) is 0 Å². The van der Waals surface area contributed by atoms with Crippen molar-refractivity contribution in [2.75, 3.05) is 19.3 Å². The van der Waals surface area contributed by atoms with Gasteiger partial charge in [0.05, 0.1) is 5.25 Å². The molecule has 1 aliphatic rings. The van der Waals surface area contributed by atoms with Crippen LogP contribution in [0.25, 0.3) is 0 Å². The molecule has 0 aliphatic carbocycles. The highest BCUT2D eigenvalue weighted by Gasteiger charge is 2.38. The molecule has 104 valence electrons. The molecule has 4 amide bonds. The van der Waals surface area contributed by atoms with Crippen LogP contribution in [-0.4, -0.2) is 58.0 Å². The maximum absolute atomic E-state index is 11.8. The Morgan fingerprint density at radius 3 is 2.58 bits per heavy atom. The van der Waals surface area contributed by atoms with E-state index < -0.39 is 11.8 Å². The molecule has 1 aliphatic heterocycles. The molecule has 0 N–H and O–H groups in total. The Balaban J connectivity index is 2.67. The molecule has 1 atom stereocenters. The van der Waals surface area contributed by atoms with Gasteiger partial charge in [-0.25, -0.2) is 0 Å². The van der Waals surface area contributed by atoms with Crippen LogP contribution >= 0.6 is 11.8 Å². The molecule has 6 nitrogen and oxygen atoms in total. The average Bonchev–Trinajstić information content (AvgIpc) is 2.64. The SMILES string of the molecule is C=CC(=O)N(CCN1C(=O)CC(SC)C1=O)C(C)=O. The lowest BCUT2D eigenvalue weighted by Crippen LogP contribution is -2.42. The number of carbonyl (C=O) groups excluding carboxylic acids is 4. The number of likely N-dealkylation sites (tertiary alicyclic amines) is 1. The predicted octanol–water partition coefficient (Wildman–Crippen LogP) is 0.0380. The first-order valence-electron chi connectivity index (χ1n) is 5.73. The average molecular weight is 284 g/mol. The Hall–Kier alpha value is -1.63. The zero-order chi connectivity index (χ0) is 14.6. The van der Waals surface area contributed by atoms with Crippen LogP contribution in [0.2, 0.25) is 0 Å². The summed E-state index contributed by atoms with van der Waals surface area (Å²) in [5.74, 6) is -1.50. The summed E-state index contributed by atoms with van der Waals surface area (Å²) in [6.07, 6.45) is 2.97. The standard InChI is InChI=1S/C12H16N2O4S/c1-4-10(16)13(8(2)15)5-6-14-11(17)7-9(19-3)12(14)18/h4,9H,1,5-7H2,2-3H3. The Kier molecular flexibility index (Phi) is 5.29. The third-order valence-electron chi connectivity index (χ3n) is 2.86. The van der Waals surface area contributed by atoms with Crippen molar-refractivity contribution in [3.63, 3.8) is 0 Å². The molecule has 0 bridgehead atoms. The van der Waals surface area contributed by atoms with Gasteiger partial charge in [0.1, 0.15) is 0 Å². The van der Waals surface area contributed by atoms with Crippen LogP contribution < -0.4 is 0 Å². The molecule has 0 aromatic heterocycles. The van der Waals surface area contributed by atoms with Crippen LogP contribution in [0.5, 0.6) is 0 Å². The first-order valence-corrected chi connectivity index (χ1v) is 7.02. The summed E-state index contributed by atoms with van der Waals surface area (Å²) in [5.41, 5.74) is 0. The maximum atomic E-state index is 11.8. The van der Waals surface area contributed by atoms with Crippen molar-refractivity contribution in [3.05, 3.63) is 12.7 Å². The molecular weight excluding hydrogens is 268 g/mol. The summed E-state index contributed by atoms with van der Waals surface area (Å²) in [7, 11) is 0. The van der Waals surface area contributed by atoms with E-state index in [1.165, 1.54) is 18.7 Å². The van der Waals surface area contributed by atoms with Gasteiger partial charge in [0.25, 0.3) is 5.91 Å². The zero-order valence-corrected chi connectivity index (χ0v) is 11.7. The smallest absolute Gasteiger partial charge is 0.252 e. The van der Waals surface area contributed by atoms with Gasteiger partial charge >= 0.3 is 0 Å².